The number of rotatable bonds is 11. The Morgan fingerprint density at radius 1 is 0.435 bits per heavy atom. The second kappa shape index (κ2) is 49.7. The topological polar surface area (TPSA) is 323 Å². The van der Waals surface area contributed by atoms with Crippen molar-refractivity contribution >= 4 is 133 Å². The Kier molecular flexibility index (Phi) is 39.6. The number of carbonyl (C=O) groups excluding carboxylic acids is 2. The van der Waals surface area contributed by atoms with Gasteiger partial charge < -0.3 is 50.7 Å². The van der Waals surface area contributed by atoms with Gasteiger partial charge in [0.05, 0.1) is 27.8 Å². The normalized spacial score (nSPS) is 17.6. The summed E-state index contributed by atoms with van der Waals surface area (Å²) >= 11 is 19.9. The average Bonchev–Trinajstić information content (AvgIpc) is 1.71. The number of anilines is 1. The van der Waals surface area contributed by atoms with Crippen LogP contribution in [0.3, 0.4) is 0 Å². The van der Waals surface area contributed by atoms with Gasteiger partial charge in [-0.2, -0.15) is 26.3 Å². The van der Waals surface area contributed by atoms with Crippen molar-refractivity contribution in [1.29, 1.82) is 0 Å². The van der Waals surface area contributed by atoms with Gasteiger partial charge in [0.15, 0.2) is 5.78 Å². The van der Waals surface area contributed by atoms with Gasteiger partial charge in [-0.3, -0.25) is 39.9 Å². The molecule has 0 bridgehead atoms. The van der Waals surface area contributed by atoms with Crippen molar-refractivity contribution < 1.29 is 130 Å². The van der Waals surface area contributed by atoms with Crippen LogP contribution in [0.25, 0.3) is 0 Å². The summed E-state index contributed by atoms with van der Waals surface area (Å²) in [6, 6.07) is 14.2. The first-order chi connectivity index (χ1) is 65.5. The molecule has 740 valence electrons. The Morgan fingerprint density at radius 3 is 1.02 bits per heavy atom. The molecule has 36 heteroatoms. The molecule has 7 aromatic carbocycles. The maximum atomic E-state index is 12.6. The molecule has 15 aliphatic carbocycles. The van der Waals surface area contributed by atoms with E-state index < -0.39 is 42.4 Å². The van der Waals surface area contributed by atoms with Gasteiger partial charge in [-0.05, 0) is 457 Å². The fourth-order valence-corrected chi connectivity index (χ4v) is 25.8. The molecule has 1 aliphatic heterocycles. The number of aromatic hydroxyl groups is 2. The van der Waals surface area contributed by atoms with E-state index in [0.29, 0.717) is 76.7 Å². The van der Waals surface area contributed by atoms with E-state index in [0.717, 1.165) is 185 Å². The second-order valence-electron chi connectivity index (χ2n) is 36.8. The van der Waals surface area contributed by atoms with Crippen LogP contribution >= 0.6 is 91.3 Å². The molecule has 5 N–H and O–H groups in total. The maximum absolute atomic E-state index is 12.6. The molecular weight excluding hydrogens is 2150 g/mol. The fraction of sp³-hybridized carbons (Fsp3) is 0.520. The summed E-state index contributed by atoms with van der Waals surface area (Å²) in [5, 5.41) is 56.8. The number of ether oxygens (including phenoxy) is 3. The zero-order valence-electron chi connectivity index (χ0n) is 79.4. The Balaban J connectivity index is 0.000000148. The number of allylic oxidation sites excluding steroid dienone is 2. The number of halogens is 12. The Labute approximate surface area is 871 Å². The van der Waals surface area contributed by atoms with Crippen LogP contribution in [-0.4, -0.2) is 114 Å². The minimum absolute atomic E-state index is 0. The standard InChI is InChI=1S/C13H13F2NO3.C13H15F2NO.C12H13Br.C12H13NO3.C12H14O.C12H12O.C12H14.C7H3Br4NO3.C4H8O.C3H9BO3.C2HClF2O2.Na.H/c14-13(15)19-12-9-5-1-3-7(9)11(16(17)18)8-4-2-6-10(8)12;14-13(15)17-12-9-5-1-3-7(9)11(16)8-4-2-6-10(8)12;13-12-10-5-1-3-8(10)7-9-4-2-6-11(9)12;14-12-9-5-1-3-7(9)11(13(15)16)8-4-2-6-10(8)12;13-12-10-5-1-3-8(10)7-9-4-2-6-11(9)12;13-12-5-4-10-6-8-2-1-3-9(8)7-11(10)12;1-3-9-7-11-5-2-6-12(11)8-10(9)4-1;1-7(12(14)15)5(10)2(8)4(13)3(9)6(7)11;1-2-4-5-3-1;1-5-4(6-2)7-3;3-2(4,5)1(6)7;;/h13H,1-6H2;13H,1-6,16H2;7H,1-6H2;14H,1-6H2;7,13H,1-6H2;6-7H,1-5H2;7-8H,1-6H2;1H3;1-4H2;1-3H3;(H,6,7);;/q;;;;;;;;;;;+1;-1. The number of nitrogens with two attached hydrogens (primary N) is 1. The largest absolute Gasteiger partial charge is 1.00 e. The number of Topliss-reactive ketones (excluding diaryl/α,β-unsaturated/α-hetero) is 2. The molecule has 0 saturated carbocycles. The second-order valence-corrected chi connectivity index (χ2v) is 41.3. The van der Waals surface area contributed by atoms with Gasteiger partial charge >= 0.3 is 61.5 Å². The van der Waals surface area contributed by atoms with Crippen molar-refractivity contribution in [2.45, 2.75) is 307 Å². The summed E-state index contributed by atoms with van der Waals surface area (Å²) in [5.74, 6) is -0.658. The zero-order chi connectivity index (χ0) is 98.6. The third-order valence-electron chi connectivity index (χ3n) is 28.6. The molecule has 0 radical (unpaired) electrons. The number of alkyl halides is 7. The van der Waals surface area contributed by atoms with Gasteiger partial charge in [0, 0.05) is 113 Å². The first-order valence-electron chi connectivity index (χ1n) is 47.5. The van der Waals surface area contributed by atoms with E-state index >= 15 is 0 Å². The molecule has 16 aliphatic rings. The van der Waals surface area contributed by atoms with E-state index in [-0.39, 0.29) is 76.0 Å². The number of hydrogen-bond acceptors (Lipinski definition) is 18. The molecule has 0 amide bonds. The maximum Gasteiger partial charge on any atom is 1.00 e. The van der Waals surface area contributed by atoms with E-state index in [1.807, 2.05) is 0 Å². The molecular formula is C102H116BBr5ClF6N4NaO18. The van der Waals surface area contributed by atoms with Gasteiger partial charge in [-0.15, -0.1) is 0 Å². The van der Waals surface area contributed by atoms with E-state index in [1.165, 1.54) is 207 Å². The quantitative estimate of drug-likeness (QED) is 0.0233. The minimum Gasteiger partial charge on any atom is -1.00 e. The van der Waals surface area contributed by atoms with Gasteiger partial charge in [0.1, 0.15) is 23.0 Å². The number of nitro benzene ring substituents is 2. The SMILES string of the molecule is Brc1c2c(cc3c1CCC3)CCC2.C1CCOC1.CC1([N+](=O)[O-])C(Br)=C(Br)C(=O)C(Br)=C1Br.COB(OC)OC.Nc1c2c(c(OC(F)F)c3c1CCC3)CCC2.O=C(O)C(F)(F)Cl.O=C1CCc2cc3c(cc21)CCC3.O=[N+]([O-])c1c2c(c(O)c3c1CCC3)CCC2.O=[N+]([O-])c1c2c(c(OC(F)F)c3c1CCC3)CCC2.Oc1c2c(cc3c1CCC3)CCC2.[H-].[Na+].c1c2c(cc3c1CCC3)CCC2. The van der Waals surface area contributed by atoms with Gasteiger partial charge in [0.2, 0.25) is 5.78 Å². The molecule has 0 atom stereocenters. The number of aryl methyl sites for hydroxylation is 11. The predicted molar refractivity (Wildman–Crippen MR) is 533 cm³/mol. The van der Waals surface area contributed by atoms with Crippen molar-refractivity contribution in [1.82, 2.24) is 0 Å². The van der Waals surface area contributed by atoms with Crippen molar-refractivity contribution in [2.75, 3.05) is 40.3 Å². The van der Waals surface area contributed by atoms with Crippen LogP contribution in [0, 0.1) is 30.3 Å². The molecule has 0 aromatic heterocycles. The van der Waals surface area contributed by atoms with Crippen molar-refractivity contribution in [3.05, 3.63) is 245 Å². The Hall–Kier alpha value is -6.80. The monoisotopic (exact) mass is 2260 g/mol. The van der Waals surface area contributed by atoms with Crippen molar-refractivity contribution in [3.8, 4) is 23.0 Å². The molecule has 23 rings (SSSR count). The number of nitrogen functional groups attached to an aromatic ring is 1. The number of hydrogen-bond donors (Lipinski definition) is 4. The van der Waals surface area contributed by atoms with Crippen LogP contribution in [0.2, 0.25) is 0 Å². The number of nitro groups is 3. The van der Waals surface area contributed by atoms with Crippen molar-refractivity contribution in [2.24, 2.45) is 0 Å². The van der Waals surface area contributed by atoms with Gasteiger partial charge in [-0.1, -0.05) is 46.3 Å². The molecule has 1 fully saturated rings. The van der Waals surface area contributed by atoms with E-state index in [4.69, 9.17) is 25.1 Å². The number of carboxylic acid groups (broad SMARTS) is 1. The van der Waals surface area contributed by atoms with Crippen LogP contribution < -0.4 is 44.8 Å². The van der Waals surface area contributed by atoms with Gasteiger partial charge in [0.25, 0.3) is 16.9 Å². The van der Waals surface area contributed by atoms with E-state index in [2.05, 4.69) is 146 Å². The average molecular weight is 2270 g/mol. The van der Waals surface area contributed by atoms with Crippen molar-refractivity contribution in [3.63, 3.8) is 0 Å². The number of carbonyl (C=O) groups is 3. The predicted octanol–water partition coefficient (Wildman–Crippen LogP) is 21.4. The summed E-state index contributed by atoms with van der Waals surface area (Å²) < 4.78 is 102. The summed E-state index contributed by atoms with van der Waals surface area (Å²) in [5.41, 5.74) is 39.3. The number of nitrogens with zero attached hydrogens (tertiary/aromatic N) is 3. The van der Waals surface area contributed by atoms with E-state index in [1.54, 1.807) is 44.5 Å². The molecule has 7 aromatic rings. The number of fused-ring (bicyclic) bond motifs is 14. The fourth-order valence-electron chi connectivity index (χ4n) is 22.1. The third kappa shape index (κ3) is 25.0. The minimum atomic E-state index is -4.11. The third-order valence-corrected chi connectivity index (χ3v) is 34.6. The summed E-state index contributed by atoms with van der Waals surface area (Å²) in [6.07, 6.45) is 45.1. The van der Waals surface area contributed by atoms with E-state index in [9.17, 15) is 76.5 Å². The van der Waals surface area contributed by atoms with Crippen LogP contribution in [0.1, 0.15) is 272 Å². The number of aliphatic carboxylic acids is 1. The van der Waals surface area contributed by atoms with Crippen LogP contribution in [0.4, 0.5) is 43.4 Å². The van der Waals surface area contributed by atoms with Crippen LogP contribution in [-0.2, 0) is 202 Å². The number of phenolic OH excluding ortho intramolecular Hbond substituents is 2. The Bertz CT molecular complexity index is 5520. The summed E-state index contributed by atoms with van der Waals surface area (Å²) in [6.45, 7) is -2.22. The number of carboxylic acids is 1. The molecule has 1 saturated heterocycles. The molecule has 0 unspecified atom stereocenters. The summed E-state index contributed by atoms with van der Waals surface area (Å²) in [7, 11) is 4.02. The first kappa shape index (κ1) is 110. The number of benzene rings is 7. The molecule has 1 heterocycles. The molecule has 22 nitrogen and oxygen atoms in total. The molecule has 138 heavy (non-hydrogen) atoms. The van der Waals surface area contributed by atoms with Gasteiger partial charge in [-0.25, -0.2) is 4.79 Å². The number of ketones is 2. The Morgan fingerprint density at radius 2 is 0.703 bits per heavy atom. The zero-order valence-corrected chi connectivity index (χ0v) is 89.1. The van der Waals surface area contributed by atoms with Crippen LogP contribution in [0.15, 0.2) is 58.8 Å². The molecule has 0 spiro atoms. The summed E-state index contributed by atoms with van der Waals surface area (Å²) in [4.78, 5) is 64.5. The van der Waals surface area contributed by atoms with Crippen LogP contribution in [0.5, 0.6) is 23.0 Å². The number of phenols is 2. The first-order valence-corrected chi connectivity index (χ1v) is 51.8. The smallest absolute Gasteiger partial charge is 1.00 e.